The molecule has 0 spiro atoms. The largest absolute Gasteiger partial charge is 0.309 e. The zero-order valence-electron chi connectivity index (χ0n) is 21.1. The van der Waals surface area contributed by atoms with Gasteiger partial charge in [-0.25, -0.2) is 0 Å². The van der Waals surface area contributed by atoms with Gasteiger partial charge in [-0.05, 0) is 59.7 Å². The fourth-order valence-corrected chi connectivity index (χ4v) is 6.25. The molecule has 184 valence electrons. The van der Waals surface area contributed by atoms with E-state index >= 15 is 0 Å². The Morgan fingerprint density at radius 1 is 0.410 bits per heavy atom. The van der Waals surface area contributed by atoms with Gasteiger partial charge in [-0.3, -0.25) is 0 Å². The monoisotopic (exact) mass is 518 g/mol. The van der Waals surface area contributed by atoms with E-state index in [4.69, 9.17) is 11.6 Å². The van der Waals surface area contributed by atoms with Crippen LogP contribution < -0.4 is 0 Å². The van der Waals surface area contributed by atoms with Crippen LogP contribution in [0.1, 0.15) is 0 Å². The van der Waals surface area contributed by atoms with E-state index < -0.39 is 0 Å². The molecule has 0 bridgehead atoms. The van der Waals surface area contributed by atoms with E-state index in [1.807, 2.05) is 6.07 Å². The van der Waals surface area contributed by atoms with Crippen molar-refractivity contribution in [1.82, 2.24) is 9.13 Å². The molecule has 0 aliphatic carbocycles. The second-order valence-electron chi connectivity index (χ2n) is 9.95. The molecule has 0 amide bonds. The smallest absolute Gasteiger partial charge is 0.0641 e. The molecule has 2 aromatic heterocycles. The third-order valence-electron chi connectivity index (χ3n) is 7.77. The van der Waals surface area contributed by atoms with Crippen molar-refractivity contribution < 1.29 is 0 Å². The lowest BCUT2D eigenvalue weighted by molar-refractivity contribution is 1.17. The van der Waals surface area contributed by atoms with Gasteiger partial charge in [0.05, 0.1) is 22.1 Å². The van der Waals surface area contributed by atoms with Crippen LogP contribution in [0.4, 0.5) is 0 Å². The van der Waals surface area contributed by atoms with Crippen LogP contribution in [0.2, 0.25) is 5.02 Å². The van der Waals surface area contributed by atoms with Gasteiger partial charge in [0.1, 0.15) is 0 Å². The summed E-state index contributed by atoms with van der Waals surface area (Å²) in [6.45, 7) is 0. The molecule has 0 aliphatic heterocycles. The highest BCUT2D eigenvalue weighted by atomic mass is 35.5. The molecule has 0 radical (unpaired) electrons. The average molecular weight is 519 g/mol. The third kappa shape index (κ3) is 3.35. The van der Waals surface area contributed by atoms with Gasteiger partial charge in [-0.1, -0.05) is 103 Å². The van der Waals surface area contributed by atoms with Crippen LogP contribution in [-0.4, -0.2) is 9.13 Å². The first-order valence-corrected chi connectivity index (χ1v) is 13.5. The Bertz CT molecular complexity index is 2150. The Hall–Kier alpha value is -4.79. The summed E-state index contributed by atoms with van der Waals surface area (Å²) >= 11 is 6.54. The third-order valence-corrected chi connectivity index (χ3v) is 8.01. The summed E-state index contributed by atoms with van der Waals surface area (Å²) in [4.78, 5) is 0. The summed E-state index contributed by atoms with van der Waals surface area (Å²) in [5, 5.41) is 5.63. The van der Waals surface area contributed by atoms with Crippen LogP contribution in [0.5, 0.6) is 0 Å². The van der Waals surface area contributed by atoms with E-state index in [0.717, 1.165) is 21.9 Å². The molecule has 39 heavy (non-hydrogen) atoms. The SMILES string of the molecule is Clc1ccc2c3ccc4c(c5ccccc5n4-c4ccc(-c5ccccc5)cc4)c3n(-c3ccccc3)c2c1. The van der Waals surface area contributed by atoms with Crippen molar-refractivity contribution in [3.05, 3.63) is 145 Å². The van der Waals surface area contributed by atoms with Gasteiger partial charge >= 0.3 is 0 Å². The highest BCUT2D eigenvalue weighted by molar-refractivity contribution is 6.32. The predicted molar refractivity (Wildman–Crippen MR) is 166 cm³/mol. The van der Waals surface area contributed by atoms with E-state index in [0.29, 0.717) is 0 Å². The Labute approximate surface area is 230 Å². The summed E-state index contributed by atoms with van der Waals surface area (Å²) in [7, 11) is 0. The molecular formula is C36H23ClN2. The van der Waals surface area contributed by atoms with Gasteiger partial charge in [-0.15, -0.1) is 0 Å². The zero-order chi connectivity index (χ0) is 25.9. The molecule has 2 nitrogen and oxygen atoms in total. The van der Waals surface area contributed by atoms with Gasteiger partial charge in [0.2, 0.25) is 0 Å². The topological polar surface area (TPSA) is 9.86 Å². The highest BCUT2D eigenvalue weighted by Crippen LogP contribution is 2.42. The van der Waals surface area contributed by atoms with E-state index in [-0.39, 0.29) is 0 Å². The highest BCUT2D eigenvalue weighted by Gasteiger charge is 2.20. The molecule has 0 fully saturated rings. The van der Waals surface area contributed by atoms with Crippen molar-refractivity contribution in [2.24, 2.45) is 0 Å². The fraction of sp³-hybridized carbons (Fsp3) is 0. The lowest BCUT2D eigenvalue weighted by Crippen LogP contribution is -1.95. The maximum atomic E-state index is 6.54. The van der Waals surface area contributed by atoms with Crippen molar-refractivity contribution in [1.29, 1.82) is 0 Å². The molecule has 2 heterocycles. The Kier molecular flexibility index (Phi) is 4.91. The molecule has 0 saturated heterocycles. The summed E-state index contributed by atoms with van der Waals surface area (Å²) in [5.41, 5.74) is 9.38. The van der Waals surface area contributed by atoms with Crippen molar-refractivity contribution in [2.45, 2.75) is 0 Å². The predicted octanol–water partition coefficient (Wildman–Crippen LogP) is 10.2. The quantitative estimate of drug-likeness (QED) is 0.220. The maximum Gasteiger partial charge on any atom is 0.0641 e. The van der Waals surface area contributed by atoms with E-state index in [1.165, 1.54) is 49.2 Å². The molecule has 8 aromatic rings. The first-order chi connectivity index (χ1) is 19.3. The van der Waals surface area contributed by atoms with Crippen LogP contribution in [0.15, 0.2) is 140 Å². The van der Waals surface area contributed by atoms with Gasteiger partial charge < -0.3 is 9.13 Å². The number of halogens is 1. The van der Waals surface area contributed by atoms with Crippen molar-refractivity contribution in [3.63, 3.8) is 0 Å². The van der Waals surface area contributed by atoms with Crippen LogP contribution in [0.25, 0.3) is 66.1 Å². The number of para-hydroxylation sites is 2. The Morgan fingerprint density at radius 2 is 1.05 bits per heavy atom. The second-order valence-corrected chi connectivity index (χ2v) is 10.4. The van der Waals surface area contributed by atoms with E-state index in [9.17, 15) is 0 Å². The van der Waals surface area contributed by atoms with Crippen molar-refractivity contribution >= 4 is 55.2 Å². The number of rotatable bonds is 3. The molecular weight excluding hydrogens is 496 g/mol. The van der Waals surface area contributed by atoms with Crippen LogP contribution >= 0.6 is 11.6 Å². The average Bonchev–Trinajstić information content (AvgIpc) is 3.50. The number of nitrogens with zero attached hydrogens (tertiary/aromatic N) is 2. The van der Waals surface area contributed by atoms with Gasteiger partial charge in [0.15, 0.2) is 0 Å². The lowest BCUT2D eigenvalue weighted by atomic mass is 10.1. The summed E-state index contributed by atoms with van der Waals surface area (Å²) in [5.74, 6) is 0. The summed E-state index contributed by atoms with van der Waals surface area (Å²) in [6, 6.07) is 49.5. The van der Waals surface area contributed by atoms with Gasteiger partial charge in [0, 0.05) is 37.9 Å². The molecule has 0 aliphatic rings. The van der Waals surface area contributed by atoms with Gasteiger partial charge in [-0.2, -0.15) is 0 Å². The van der Waals surface area contributed by atoms with Crippen LogP contribution in [-0.2, 0) is 0 Å². The van der Waals surface area contributed by atoms with Crippen molar-refractivity contribution in [3.8, 4) is 22.5 Å². The first kappa shape index (κ1) is 22.2. The van der Waals surface area contributed by atoms with Gasteiger partial charge in [0.25, 0.3) is 0 Å². The number of fused-ring (bicyclic) bond motifs is 7. The first-order valence-electron chi connectivity index (χ1n) is 13.1. The number of hydrogen-bond acceptors (Lipinski definition) is 0. The van der Waals surface area contributed by atoms with E-state index in [1.54, 1.807) is 0 Å². The lowest BCUT2D eigenvalue weighted by Gasteiger charge is -2.11. The molecule has 8 rings (SSSR count). The Balaban J connectivity index is 1.49. The fourth-order valence-electron chi connectivity index (χ4n) is 6.09. The molecule has 3 heteroatoms. The van der Waals surface area contributed by atoms with Crippen LogP contribution in [0, 0.1) is 0 Å². The van der Waals surface area contributed by atoms with Crippen LogP contribution in [0.3, 0.4) is 0 Å². The second kappa shape index (κ2) is 8.62. The minimum Gasteiger partial charge on any atom is -0.309 e. The summed E-state index contributed by atoms with van der Waals surface area (Å²) < 4.78 is 4.76. The van der Waals surface area contributed by atoms with E-state index in [2.05, 4.69) is 143 Å². The molecule has 0 saturated carbocycles. The molecule has 0 unspecified atom stereocenters. The minimum absolute atomic E-state index is 0.736. The minimum atomic E-state index is 0.736. The van der Waals surface area contributed by atoms with Crippen molar-refractivity contribution in [2.75, 3.05) is 0 Å². The Morgan fingerprint density at radius 3 is 1.85 bits per heavy atom. The molecule has 0 N–H and O–H groups in total. The maximum absolute atomic E-state index is 6.54. The summed E-state index contributed by atoms with van der Waals surface area (Å²) in [6.07, 6.45) is 0. The zero-order valence-corrected chi connectivity index (χ0v) is 21.8. The number of hydrogen-bond donors (Lipinski definition) is 0. The normalized spacial score (nSPS) is 11.7. The number of aromatic nitrogens is 2. The standard InChI is InChI=1S/C36H23ClN2/c37-26-17-20-29-30-21-22-33-35(36(30)39(34(29)23-26)27-11-5-2-6-12-27)31-13-7-8-14-32(31)38(33)28-18-15-25(16-19-28)24-9-3-1-4-10-24/h1-23H. The molecule has 0 atom stereocenters. The number of benzene rings is 6. The molecule has 6 aromatic carbocycles.